The molecule has 1 N–H and O–H groups in total. The highest BCUT2D eigenvalue weighted by molar-refractivity contribution is 7.18. The van der Waals surface area contributed by atoms with Crippen LogP contribution in [0.15, 0.2) is 42.5 Å². The van der Waals surface area contributed by atoms with Crippen LogP contribution in [0.1, 0.15) is 35.7 Å². The first kappa shape index (κ1) is 24.3. The van der Waals surface area contributed by atoms with Crippen molar-refractivity contribution in [3.8, 4) is 10.6 Å². The van der Waals surface area contributed by atoms with E-state index in [9.17, 15) is 14.0 Å². The molecule has 0 spiro atoms. The maximum Gasteiger partial charge on any atom is 0.306 e. The molecule has 0 atom stereocenters. The van der Waals surface area contributed by atoms with E-state index in [2.05, 4.69) is 15.1 Å². The van der Waals surface area contributed by atoms with Gasteiger partial charge >= 0.3 is 5.97 Å². The van der Waals surface area contributed by atoms with Gasteiger partial charge in [0.1, 0.15) is 5.01 Å². The molecule has 0 radical (unpaired) electrons. The first-order valence-electron chi connectivity index (χ1n) is 11.0. The highest BCUT2D eigenvalue weighted by atomic mass is 35.5. The van der Waals surface area contributed by atoms with Crippen LogP contribution in [0.5, 0.6) is 0 Å². The summed E-state index contributed by atoms with van der Waals surface area (Å²) in [6, 6.07) is 12.3. The molecule has 0 unspecified atom stereocenters. The SMILES string of the molecule is CCN(C(=O)c1cccc(Cl)c1F)c1nnc(-c2ccc(CN3CCC(C(=O)O)CC3)cc2)s1. The Morgan fingerprint density at radius 3 is 2.53 bits per heavy atom. The summed E-state index contributed by atoms with van der Waals surface area (Å²) >= 11 is 7.09. The minimum absolute atomic E-state index is 0.105. The number of amides is 1. The number of nitrogens with zero attached hydrogens (tertiary/aromatic N) is 4. The molecule has 1 fully saturated rings. The van der Waals surface area contributed by atoms with E-state index in [1.165, 1.54) is 34.4 Å². The predicted molar refractivity (Wildman–Crippen MR) is 130 cm³/mol. The molecule has 178 valence electrons. The molecule has 1 aliphatic rings. The normalized spacial score (nSPS) is 14.8. The second-order valence-corrected chi connectivity index (χ2v) is 9.49. The number of likely N-dealkylation sites (tertiary alicyclic amines) is 1. The highest BCUT2D eigenvalue weighted by Crippen LogP contribution is 2.31. The second kappa shape index (κ2) is 10.6. The van der Waals surface area contributed by atoms with E-state index in [-0.39, 0.29) is 16.5 Å². The fourth-order valence-corrected chi connectivity index (χ4v) is 5.06. The van der Waals surface area contributed by atoms with Crippen LogP contribution in [-0.4, -0.2) is 51.7 Å². The molecule has 7 nitrogen and oxygen atoms in total. The number of carboxylic acids is 1. The summed E-state index contributed by atoms with van der Waals surface area (Å²) in [5.41, 5.74) is 1.89. The quantitative estimate of drug-likeness (QED) is 0.491. The van der Waals surface area contributed by atoms with E-state index in [0.29, 0.717) is 29.5 Å². The third kappa shape index (κ3) is 5.27. The molecule has 1 aromatic heterocycles. The van der Waals surface area contributed by atoms with Gasteiger partial charge in [-0.3, -0.25) is 19.4 Å². The second-order valence-electron chi connectivity index (χ2n) is 8.13. The Hall–Kier alpha value is -2.88. The fourth-order valence-electron chi connectivity index (χ4n) is 3.97. The van der Waals surface area contributed by atoms with E-state index < -0.39 is 17.7 Å². The van der Waals surface area contributed by atoms with Crippen LogP contribution in [0, 0.1) is 11.7 Å². The van der Waals surface area contributed by atoms with Crippen molar-refractivity contribution in [2.45, 2.75) is 26.3 Å². The zero-order valence-corrected chi connectivity index (χ0v) is 20.2. The summed E-state index contributed by atoms with van der Waals surface area (Å²) < 4.78 is 14.4. The molecular weight excluding hydrogens is 479 g/mol. The number of rotatable bonds is 7. The number of benzene rings is 2. The Morgan fingerprint density at radius 1 is 1.18 bits per heavy atom. The number of anilines is 1. The summed E-state index contributed by atoms with van der Waals surface area (Å²) in [6.07, 6.45) is 1.35. The van der Waals surface area contributed by atoms with Gasteiger partial charge in [-0.1, -0.05) is 53.3 Å². The molecule has 0 aliphatic carbocycles. The number of aliphatic carboxylic acids is 1. The Morgan fingerprint density at radius 2 is 1.88 bits per heavy atom. The molecule has 2 heterocycles. The number of piperidine rings is 1. The number of carboxylic acid groups (broad SMARTS) is 1. The molecule has 0 bridgehead atoms. The topological polar surface area (TPSA) is 86.6 Å². The Bertz CT molecular complexity index is 1180. The third-order valence-corrected chi connectivity index (χ3v) is 7.22. The summed E-state index contributed by atoms with van der Waals surface area (Å²) in [7, 11) is 0. The summed E-state index contributed by atoms with van der Waals surface area (Å²) in [6.45, 7) is 4.39. The van der Waals surface area contributed by atoms with Crippen LogP contribution in [0.2, 0.25) is 5.02 Å². The number of halogens is 2. The van der Waals surface area contributed by atoms with E-state index in [1.54, 1.807) is 6.92 Å². The lowest BCUT2D eigenvalue weighted by atomic mass is 9.97. The van der Waals surface area contributed by atoms with Gasteiger partial charge in [0.25, 0.3) is 5.91 Å². The number of carbonyl (C=O) groups is 2. The highest BCUT2D eigenvalue weighted by Gasteiger charge is 2.25. The van der Waals surface area contributed by atoms with Gasteiger partial charge in [0.05, 0.1) is 16.5 Å². The van der Waals surface area contributed by atoms with Crippen molar-refractivity contribution in [2.24, 2.45) is 5.92 Å². The number of carbonyl (C=O) groups excluding carboxylic acids is 1. The first-order chi connectivity index (χ1) is 16.4. The zero-order valence-electron chi connectivity index (χ0n) is 18.6. The average Bonchev–Trinajstić information content (AvgIpc) is 3.32. The molecular formula is C24H24ClFN4O3S. The summed E-state index contributed by atoms with van der Waals surface area (Å²) in [5, 5.41) is 18.5. The number of hydrogen-bond acceptors (Lipinski definition) is 6. The lowest BCUT2D eigenvalue weighted by molar-refractivity contribution is -0.143. The smallest absolute Gasteiger partial charge is 0.306 e. The van der Waals surface area contributed by atoms with Gasteiger partial charge in [0, 0.05) is 18.7 Å². The summed E-state index contributed by atoms with van der Waals surface area (Å²) in [4.78, 5) is 27.7. The van der Waals surface area contributed by atoms with Crippen molar-refractivity contribution in [3.05, 3.63) is 64.4 Å². The van der Waals surface area contributed by atoms with Gasteiger partial charge in [0.2, 0.25) is 5.13 Å². The molecule has 2 aromatic carbocycles. The maximum absolute atomic E-state index is 14.4. The van der Waals surface area contributed by atoms with Crippen molar-refractivity contribution >= 4 is 39.9 Å². The van der Waals surface area contributed by atoms with Gasteiger partial charge in [-0.25, -0.2) is 4.39 Å². The van der Waals surface area contributed by atoms with Crippen LogP contribution in [0.4, 0.5) is 9.52 Å². The van der Waals surface area contributed by atoms with Crippen LogP contribution >= 0.6 is 22.9 Å². The minimum atomic E-state index is -0.750. The van der Waals surface area contributed by atoms with Crippen LogP contribution < -0.4 is 4.90 Å². The molecule has 0 saturated carbocycles. The third-order valence-electron chi connectivity index (χ3n) is 5.93. The Balaban J connectivity index is 1.43. The molecule has 1 saturated heterocycles. The van der Waals surface area contributed by atoms with Crippen molar-refractivity contribution in [2.75, 3.05) is 24.5 Å². The minimum Gasteiger partial charge on any atom is -0.481 e. The Kier molecular flexibility index (Phi) is 7.55. The largest absolute Gasteiger partial charge is 0.481 e. The molecule has 3 aromatic rings. The molecule has 1 aliphatic heterocycles. The standard InChI is InChI=1S/C24H24ClFN4O3S/c1-2-30(22(31)18-4-3-5-19(25)20(18)26)24-28-27-21(34-24)16-8-6-15(7-9-16)14-29-12-10-17(11-13-29)23(32)33/h3-9,17H,2,10-14H2,1H3,(H,32,33). The van der Waals surface area contributed by atoms with Gasteiger partial charge in [0.15, 0.2) is 5.82 Å². The van der Waals surface area contributed by atoms with Crippen LogP contribution in [-0.2, 0) is 11.3 Å². The molecule has 10 heteroatoms. The first-order valence-corrected chi connectivity index (χ1v) is 12.2. The molecule has 4 rings (SSSR count). The van der Waals surface area contributed by atoms with Crippen LogP contribution in [0.25, 0.3) is 10.6 Å². The maximum atomic E-state index is 14.4. The average molecular weight is 503 g/mol. The van der Waals surface area contributed by atoms with Crippen molar-refractivity contribution in [3.63, 3.8) is 0 Å². The molecule has 34 heavy (non-hydrogen) atoms. The monoisotopic (exact) mass is 502 g/mol. The lowest BCUT2D eigenvalue weighted by Gasteiger charge is -2.30. The van der Waals surface area contributed by atoms with Gasteiger partial charge in [-0.2, -0.15) is 0 Å². The number of hydrogen-bond donors (Lipinski definition) is 1. The lowest BCUT2D eigenvalue weighted by Crippen LogP contribution is -2.35. The van der Waals surface area contributed by atoms with E-state index in [0.717, 1.165) is 30.8 Å². The van der Waals surface area contributed by atoms with Crippen LogP contribution in [0.3, 0.4) is 0 Å². The zero-order chi connectivity index (χ0) is 24.2. The summed E-state index contributed by atoms with van der Waals surface area (Å²) in [5.74, 6) is -2.22. The fraction of sp³-hybridized carbons (Fsp3) is 0.333. The number of aromatic nitrogens is 2. The van der Waals surface area contributed by atoms with Crippen molar-refractivity contribution < 1.29 is 19.1 Å². The van der Waals surface area contributed by atoms with E-state index >= 15 is 0 Å². The van der Waals surface area contributed by atoms with Gasteiger partial charge in [-0.15, -0.1) is 10.2 Å². The van der Waals surface area contributed by atoms with Crippen molar-refractivity contribution in [1.82, 2.24) is 15.1 Å². The van der Waals surface area contributed by atoms with E-state index in [1.807, 2.05) is 24.3 Å². The van der Waals surface area contributed by atoms with E-state index in [4.69, 9.17) is 16.7 Å². The van der Waals surface area contributed by atoms with Crippen molar-refractivity contribution in [1.29, 1.82) is 0 Å². The van der Waals surface area contributed by atoms with Gasteiger partial charge < -0.3 is 5.11 Å². The Labute approximate surface area is 205 Å². The van der Waals surface area contributed by atoms with Gasteiger partial charge in [-0.05, 0) is 50.6 Å². The molecule has 1 amide bonds. The predicted octanol–water partition coefficient (Wildman–Crippen LogP) is 4.96.